The van der Waals surface area contributed by atoms with Crippen LogP contribution in [0, 0.1) is 5.41 Å². The van der Waals surface area contributed by atoms with Crippen LogP contribution in [-0.2, 0) is 11.0 Å². The summed E-state index contributed by atoms with van der Waals surface area (Å²) in [5.41, 5.74) is 1.35. The maximum atomic E-state index is 6.47. The number of hydrogen-bond donors (Lipinski definition) is 0. The molecular weight excluding hydrogens is 238 g/mol. The molecule has 2 nitrogen and oxygen atoms in total. The Hall–Kier alpha value is -0.383. The Morgan fingerprint density at radius 2 is 1.88 bits per heavy atom. The van der Waals surface area contributed by atoms with Gasteiger partial charge in [0.25, 0.3) is 7.63 Å². The zero-order valence-electron chi connectivity index (χ0n) is 10.5. The number of aromatic nitrogens is 1. The SMILES string of the molecule is CC(C)(C)C[Si](C)(Cl)OCc1ccncc1. The summed E-state index contributed by atoms with van der Waals surface area (Å²) >= 11 is 6.47. The van der Waals surface area contributed by atoms with E-state index in [0.717, 1.165) is 11.6 Å². The van der Waals surface area contributed by atoms with E-state index in [1.54, 1.807) is 12.4 Å². The minimum Gasteiger partial charge on any atom is -0.399 e. The molecule has 16 heavy (non-hydrogen) atoms. The molecule has 0 radical (unpaired) electrons. The van der Waals surface area contributed by atoms with Gasteiger partial charge in [-0.05, 0) is 35.7 Å². The molecule has 0 fully saturated rings. The van der Waals surface area contributed by atoms with Crippen molar-refractivity contribution in [1.29, 1.82) is 0 Å². The summed E-state index contributed by atoms with van der Waals surface area (Å²) in [6, 6.07) is 4.86. The average molecular weight is 258 g/mol. The van der Waals surface area contributed by atoms with Crippen LogP contribution in [0.15, 0.2) is 24.5 Å². The molecule has 0 aliphatic rings. The summed E-state index contributed by atoms with van der Waals surface area (Å²) in [6.07, 6.45) is 3.55. The first-order valence-corrected chi connectivity index (χ1v) is 9.13. The second-order valence-electron chi connectivity index (χ2n) is 5.48. The first-order valence-electron chi connectivity index (χ1n) is 5.50. The van der Waals surface area contributed by atoms with Crippen LogP contribution in [0.1, 0.15) is 26.3 Å². The van der Waals surface area contributed by atoms with Crippen molar-refractivity contribution in [3.05, 3.63) is 30.1 Å². The lowest BCUT2D eigenvalue weighted by Crippen LogP contribution is -2.32. The Bertz CT molecular complexity index is 322. The molecule has 1 unspecified atom stereocenters. The van der Waals surface area contributed by atoms with E-state index in [9.17, 15) is 0 Å². The van der Waals surface area contributed by atoms with Gasteiger partial charge in [-0.15, -0.1) is 11.1 Å². The van der Waals surface area contributed by atoms with Gasteiger partial charge in [0.2, 0.25) is 0 Å². The molecule has 0 spiro atoms. The lowest BCUT2D eigenvalue weighted by molar-refractivity contribution is 0.290. The third-order valence-corrected chi connectivity index (χ3v) is 5.30. The van der Waals surface area contributed by atoms with E-state index < -0.39 is 7.63 Å². The molecule has 1 rings (SSSR count). The topological polar surface area (TPSA) is 22.1 Å². The van der Waals surface area contributed by atoms with Gasteiger partial charge in [0, 0.05) is 12.4 Å². The molecular formula is C12H20ClNOSi. The van der Waals surface area contributed by atoms with Crippen LogP contribution in [0.2, 0.25) is 12.6 Å². The number of rotatable bonds is 4. The Kier molecular flexibility index (Phi) is 4.53. The molecule has 0 aromatic carbocycles. The van der Waals surface area contributed by atoms with Crippen molar-refractivity contribution < 1.29 is 4.43 Å². The summed E-state index contributed by atoms with van der Waals surface area (Å²) in [4.78, 5) is 3.97. The third kappa shape index (κ3) is 5.63. The standard InChI is InChI=1S/C12H20ClNOSi/c1-12(2,3)10-16(4,13)15-9-11-5-7-14-8-6-11/h5-8H,9-10H2,1-4H3. The molecule has 1 aromatic heterocycles. The summed E-state index contributed by atoms with van der Waals surface area (Å²) in [5, 5.41) is 0. The van der Waals surface area contributed by atoms with Crippen molar-refractivity contribution in [2.24, 2.45) is 5.41 Å². The Morgan fingerprint density at radius 1 is 1.31 bits per heavy atom. The first-order chi connectivity index (χ1) is 7.29. The van der Waals surface area contributed by atoms with Crippen molar-refractivity contribution in [2.75, 3.05) is 0 Å². The molecule has 1 atom stereocenters. The fourth-order valence-corrected chi connectivity index (χ4v) is 5.54. The van der Waals surface area contributed by atoms with Gasteiger partial charge in [0.05, 0.1) is 6.61 Å². The van der Waals surface area contributed by atoms with Crippen LogP contribution in [0.4, 0.5) is 0 Å². The van der Waals surface area contributed by atoms with Crippen LogP contribution >= 0.6 is 11.1 Å². The number of nitrogens with zero attached hydrogens (tertiary/aromatic N) is 1. The van der Waals surface area contributed by atoms with Crippen molar-refractivity contribution in [3.63, 3.8) is 0 Å². The van der Waals surface area contributed by atoms with E-state index in [1.165, 1.54) is 0 Å². The molecule has 0 saturated heterocycles. The van der Waals surface area contributed by atoms with Crippen LogP contribution in [0.5, 0.6) is 0 Å². The van der Waals surface area contributed by atoms with E-state index in [4.69, 9.17) is 15.5 Å². The predicted octanol–water partition coefficient (Wildman–Crippen LogP) is 3.96. The first kappa shape index (κ1) is 13.7. The highest BCUT2D eigenvalue weighted by Gasteiger charge is 2.32. The lowest BCUT2D eigenvalue weighted by Gasteiger charge is -2.28. The van der Waals surface area contributed by atoms with Crippen molar-refractivity contribution in [2.45, 2.75) is 40.0 Å². The zero-order chi connectivity index (χ0) is 12.2. The van der Waals surface area contributed by atoms with Gasteiger partial charge in [-0.3, -0.25) is 4.98 Å². The molecule has 4 heteroatoms. The second kappa shape index (κ2) is 5.30. The van der Waals surface area contributed by atoms with E-state index in [-0.39, 0.29) is 5.41 Å². The normalized spacial score (nSPS) is 15.8. The van der Waals surface area contributed by atoms with E-state index >= 15 is 0 Å². The molecule has 1 aromatic rings. The molecule has 1 heterocycles. The molecule has 0 amide bonds. The fraction of sp³-hybridized carbons (Fsp3) is 0.583. The highest BCUT2D eigenvalue weighted by atomic mass is 35.6. The van der Waals surface area contributed by atoms with E-state index in [2.05, 4.69) is 32.3 Å². The monoisotopic (exact) mass is 257 g/mol. The zero-order valence-corrected chi connectivity index (χ0v) is 12.2. The van der Waals surface area contributed by atoms with Crippen molar-refractivity contribution in [1.82, 2.24) is 4.98 Å². The molecule has 0 N–H and O–H groups in total. The molecule has 90 valence electrons. The Morgan fingerprint density at radius 3 is 2.38 bits per heavy atom. The highest BCUT2D eigenvalue weighted by molar-refractivity contribution is 7.16. The summed E-state index contributed by atoms with van der Waals surface area (Å²) in [5.74, 6) is 0. The molecule has 0 aliphatic heterocycles. The average Bonchev–Trinajstić information content (AvgIpc) is 2.13. The predicted molar refractivity (Wildman–Crippen MR) is 70.8 cm³/mol. The van der Waals surface area contributed by atoms with Crippen LogP contribution in [0.25, 0.3) is 0 Å². The summed E-state index contributed by atoms with van der Waals surface area (Å²) < 4.78 is 5.87. The second-order valence-corrected chi connectivity index (χ2v) is 10.7. The summed E-state index contributed by atoms with van der Waals surface area (Å²) in [7, 11) is -2.07. The third-order valence-electron chi connectivity index (χ3n) is 2.14. The lowest BCUT2D eigenvalue weighted by atomic mass is 10.0. The van der Waals surface area contributed by atoms with Crippen LogP contribution in [0.3, 0.4) is 0 Å². The largest absolute Gasteiger partial charge is 0.399 e. The molecule has 0 bridgehead atoms. The smallest absolute Gasteiger partial charge is 0.287 e. The Labute approximate surface area is 104 Å². The van der Waals surface area contributed by atoms with Gasteiger partial charge in [-0.2, -0.15) is 0 Å². The maximum absolute atomic E-state index is 6.47. The van der Waals surface area contributed by atoms with Gasteiger partial charge in [0.15, 0.2) is 0 Å². The van der Waals surface area contributed by atoms with Gasteiger partial charge < -0.3 is 4.43 Å². The quantitative estimate of drug-likeness (QED) is 0.602. The van der Waals surface area contributed by atoms with Crippen molar-refractivity contribution in [3.8, 4) is 0 Å². The fourth-order valence-electron chi connectivity index (χ4n) is 1.71. The molecule has 0 saturated carbocycles. The molecule has 0 aliphatic carbocycles. The van der Waals surface area contributed by atoms with Crippen LogP contribution < -0.4 is 0 Å². The minimum atomic E-state index is -2.07. The van der Waals surface area contributed by atoms with Gasteiger partial charge in [-0.25, -0.2) is 0 Å². The summed E-state index contributed by atoms with van der Waals surface area (Å²) in [6.45, 7) is 9.22. The van der Waals surface area contributed by atoms with Crippen LogP contribution in [-0.4, -0.2) is 12.6 Å². The van der Waals surface area contributed by atoms with Gasteiger partial charge >= 0.3 is 0 Å². The van der Waals surface area contributed by atoms with E-state index in [0.29, 0.717) is 6.61 Å². The maximum Gasteiger partial charge on any atom is 0.287 e. The van der Waals surface area contributed by atoms with E-state index in [1.807, 2.05) is 12.1 Å². The highest BCUT2D eigenvalue weighted by Crippen LogP contribution is 2.31. The Balaban J connectivity index is 2.48. The van der Waals surface area contributed by atoms with Crippen molar-refractivity contribution >= 4 is 18.7 Å². The number of hydrogen-bond acceptors (Lipinski definition) is 2. The number of pyridine rings is 1. The number of halogens is 1. The van der Waals surface area contributed by atoms with Gasteiger partial charge in [-0.1, -0.05) is 20.8 Å². The minimum absolute atomic E-state index is 0.223. The van der Waals surface area contributed by atoms with Gasteiger partial charge in [0.1, 0.15) is 0 Å².